The summed E-state index contributed by atoms with van der Waals surface area (Å²) in [7, 11) is 1.89. The van der Waals surface area contributed by atoms with Crippen LogP contribution in [0.15, 0.2) is 22.8 Å². The van der Waals surface area contributed by atoms with Crippen molar-refractivity contribution in [2.24, 2.45) is 7.05 Å². The van der Waals surface area contributed by atoms with Crippen LogP contribution in [-0.2, 0) is 12.6 Å². The summed E-state index contributed by atoms with van der Waals surface area (Å²) >= 11 is 0. The first-order valence-corrected chi connectivity index (χ1v) is 8.07. The number of aryl methyl sites for hydroxylation is 2. The monoisotopic (exact) mass is 334 g/mol. The molecule has 7 nitrogen and oxygen atoms in total. The fraction of sp³-hybridized carbons (Fsp3) is 0.529. The molecule has 2 heterocycles. The Morgan fingerprint density at radius 1 is 1.50 bits per heavy atom. The first kappa shape index (κ1) is 18.1. The molecule has 3 N–H and O–H groups in total. The second-order valence-electron chi connectivity index (χ2n) is 6.25. The third-order valence-electron chi connectivity index (χ3n) is 4.27. The maximum absolute atomic E-state index is 12.2. The molecule has 0 spiro atoms. The van der Waals surface area contributed by atoms with Crippen LogP contribution in [0.2, 0.25) is 0 Å². The van der Waals surface area contributed by atoms with Gasteiger partial charge in [-0.05, 0) is 39.3 Å². The number of nitrogens with zero attached hydrogens (tertiary/aromatic N) is 2. The van der Waals surface area contributed by atoms with Crippen LogP contribution in [0.4, 0.5) is 4.79 Å². The minimum absolute atomic E-state index is 0.0494. The molecule has 0 fully saturated rings. The molecule has 0 aromatic carbocycles. The van der Waals surface area contributed by atoms with Crippen LogP contribution in [0, 0.1) is 13.8 Å². The number of aliphatic hydroxyl groups is 1. The van der Waals surface area contributed by atoms with Gasteiger partial charge in [0.15, 0.2) is 0 Å². The van der Waals surface area contributed by atoms with Gasteiger partial charge in [0, 0.05) is 18.3 Å². The molecule has 0 aliphatic heterocycles. The Balaban J connectivity index is 2.00. The zero-order valence-corrected chi connectivity index (χ0v) is 14.9. The third kappa shape index (κ3) is 3.79. The highest BCUT2D eigenvalue weighted by molar-refractivity contribution is 5.74. The van der Waals surface area contributed by atoms with Gasteiger partial charge >= 0.3 is 6.03 Å². The standard InChI is InChI=1S/C17H26N4O3/c1-6-13(15-11(2)20-21(5)12(15)3)19-16(22)18-10-17(4,23)14-8-7-9-24-14/h7-9,13,23H,6,10H2,1-5H3,(H2,18,19,22)/t13-,17+/m0/s1. The molecule has 0 saturated heterocycles. The lowest BCUT2D eigenvalue weighted by Crippen LogP contribution is -2.44. The van der Waals surface area contributed by atoms with Crippen molar-refractivity contribution in [3.63, 3.8) is 0 Å². The summed E-state index contributed by atoms with van der Waals surface area (Å²) < 4.78 is 7.02. The lowest BCUT2D eigenvalue weighted by Gasteiger charge is -2.23. The van der Waals surface area contributed by atoms with Crippen LogP contribution < -0.4 is 10.6 Å². The zero-order valence-electron chi connectivity index (χ0n) is 14.9. The fourth-order valence-corrected chi connectivity index (χ4v) is 2.81. The first-order valence-electron chi connectivity index (χ1n) is 8.07. The van der Waals surface area contributed by atoms with Crippen molar-refractivity contribution in [2.45, 2.75) is 45.8 Å². The van der Waals surface area contributed by atoms with Gasteiger partial charge in [0.1, 0.15) is 11.4 Å². The van der Waals surface area contributed by atoms with E-state index in [0.717, 1.165) is 23.4 Å². The molecule has 0 aliphatic carbocycles. The molecule has 2 atom stereocenters. The number of carbonyl (C=O) groups excluding carboxylic acids is 1. The number of carbonyl (C=O) groups is 1. The molecule has 7 heteroatoms. The maximum atomic E-state index is 12.2. The average Bonchev–Trinajstić information content (AvgIpc) is 3.14. The van der Waals surface area contributed by atoms with Gasteiger partial charge in [-0.2, -0.15) is 5.10 Å². The second-order valence-corrected chi connectivity index (χ2v) is 6.25. The molecule has 132 valence electrons. The summed E-state index contributed by atoms with van der Waals surface area (Å²) in [4.78, 5) is 12.2. The summed E-state index contributed by atoms with van der Waals surface area (Å²) in [6, 6.07) is 2.91. The Morgan fingerprint density at radius 3 is 2.71 bits per heavy atom. The molecule has 0 unspecified atom stereocenters. The van der Waals surface area contributed by atoms with Crippen molar-refractivity contribution in [3.05, 3.63) is 41.1 Å². The van der Waals surface area contributed by atoms with Crippen molar-refractivity contribution < 1.29 is 14.3 Å². The van der Waals surface area contributed by atoms with Gasteiger partial charge in [0.2, 0.25) is 0 Å². The van der Waals surface area contributed by atoms with Crippen LogP contribution in [-0.4, -0.2) is 27.5 Å². The Bertz CT molecular complexity index is 689. The minimum Gasteiger partial charge on any atom is -0.466 e. The Hall–Kier alpha value is -2.28. The van der Waals surface area contributed by atoms with E-state index in [2.05, 4.69) is 15.7 Å². The van der Waals surface area contributed by atoms with Crippen LogP contribution in [0.3, 0.4) is 0 Å². The van der Waals surface area contributed by atoms with Gasteiger partial charge in [0.25, 0.3) is 0 Å². The summed E-state index contributed by atoms with van der Waals surface area (Å²) in [5.74, 6) is 0.411. The molecule has 0 radical (unpaired) electrons. The highest BCUT2D eigenvalue weighted by Gasteiger charge is 2.27. The number of amides is 2. The molecule has 0 saturated carbocycles. The molecular formula is C17H26N4O3. The number of rotatable bonds is 6. The van der Waals surface area contributed by atoms with Gasteiger partial charge in [-0.3, -0.25) is 4.68 Å². The molecule has 24 heavy (non-hydrogen) atoms. The van der Waals surface area contributed by atoms with Gasteiger partial charge in [0.05, 0.1) is 24.5 Å². The van der Waals surface area contributed by atoms with E-state index in [9.17, 15) is 9.90 Å². The Kier molecular flexibility index (Phi) is 5.33. The average molecular weight is 334 g/mol. The van der Waals surface area contributed by atoms with Gasteiger partial charge in [-0.25, -0.2) is 4.79 Å². The Morgan fingerprint density at radius 2 is 2.21 bits per heavy atom. The normalized spacial score (nSPS) is 14.9. The second kappa shape index (κ2) is 7.09. The number of nitrogens with one attached hydrogen (secondary N) is 2. The van der Waals surface area contributed by atoms with E-state index >= 15 is 0 Å². The highest BCUT2D eigenvalue weighted by atomic mass is 16.4. The number of furan rings is 1. The summed E-state index contributed by atoms with van der Waals surface area (Å²) in [6.07, 6.45) is 2.24. The van der Waals surface area contributed by atoms with Gasteiger partial charge in [-0.1, -0.05) is 6.92 Å². The number of hydrogen-bond donors (Lipinski definition) is 3. The Labute approximate surface area is 142 Å². The highest BCUT2D eigenvalue weighted by Crippen LogP contribution is 2.24. The first-order chi connectivity index (χ1) is 11.3. The van der Waals surface area contributed by atoms with E-state index < -0.39 is 5.60 Å². The summed E-state index contributed by atoms with van der Waals surface area (Å²) in [5.41, 5.74) is 1.71. The largest absolute Gasteiger partial charge is 0.466 e. The van der Waals surface area contributed by atoms with E-state index in [1.54, 1.807) is 19.1 Å². The van der Waals surface area contributed by atoms with Crippen LogP contribution in [0.5, 0.6) is 0 Å². The van der Waals surface area contributed by atoms with Crippen molar-refractivity contribution in [1.29, 1.82) is 0 Å². The third-order valence-corrected chi connectivity index (χ3v) is 4.27. The van der Waals surface area contributed by atoms with Crippen molar-refractivity contribution in [3.8, 4) is 0 Å². The van der Waals surface area contributed by atoms with Crippen LogP contribution in [0.25, 0.3) is 0 Å². The van der Waals surface area contributed by atoms with Crippen molar-refractivity contribution >= 4 is 6.03 Å². The molecule has 2 aromatic heterocycles. The quantitative estimate of drug-likeness (QED) is 0.756. The molecule has 0 bridgehead atoms. The van der Waals surface area contributed by atoms with E-state index in [-0.39, 0.29) is 18.6 Å². The minimum atomic E-state index is -1.26. The van der Waals surface area contributed by atoms with E-state index in [1.165, 1.54) is 6.26 Å². The summed E-state index contributed by atoms with van der Waals surface area (Å²) in [5, 5.41) is 20.4. The zero-order chi connectivity index (χ0) is 17.9. The number of hydrogen-bond acceptors (Lipinski definition) is 4. The maximum Gasteiger partial charge on any atom is 0.315 e. The summed E-state index contributed by atoms with van der Waals surface area (Å²) in [6.45, 7) is 7.58. The number of aromatic nitrogens is 2. The van der Waals surface area contributed by atoms with Crippen molar-refractivity contribution in [1.82, 2.24) is 20.4 Å². The van der Waals surface area contributed by atoms with E-state index in [1.807, 2.05) is 32.5 Å². The smallest absolute Gasteiger partial charge is 0.315 e. The van der Waals surface area contributed by atoms with Gasteiger partial charge in [-0.15, -0.1) is 0 Å². The lowest BCUT2D eigenvalue weighted by atomic mass is 10.0. The van der Waals surface area contributed by atoms with Crippen molar-refractivity contribution in [2.75, 3.05) is 6.54 Å². The van der Waals surface area contributed by atoms with E-state index in [4.69, 9.17) is 4.42 Å². The fourth-order valence-electron chi connectivity index (χ4n) is 2.81. The SMILES string of the molecule is CC[C@H](NC(=O)NC[C@@](C)(O)c1ccco1)c1c(C)nn(C)c1C. The molecular weight excluding hydrogens is 308 g/mol. The predicted molar refractivity (Wildman–Crippen MR) is 90.5 cm³/mol. The number of urea groups is 1. The van der Waals surface area contributed by atoms with Crippen LogP contribution >= 0.6 is 0 Å². The molecule has 2 rings (SSSR count). The van der Waals surface area contributed by atoms with Crippen LogP contribution in [0.1, 0.15) is 49.0 Å². The molecule has 2 amide bonds. The van der Waals surface area contributed by atoms with E-state index in [0.29, 0.717) is 5.76 Å². The molecule has 0 aliphatic rings. The topological polar surface area (TPSA) is 92.3 Å². The lowest BCUT2D eigenvalue weighted by molar-refractivity contribution is 0.0366. The van der Waals surface area contributed by atoms with Gasteiger partial charge < -0.3 is 20.2 Å². The predicted octanol–water partition coefficient (Wildman–Crippen LogP) is 2.29. The molecule has 2 aromatic rings.